The molecule has 0 amide bonds. The van der Waals surface area contributed by atoms with Crippen molar-refractivity contribution in [1.82, 2.24) is 19.6 Å². The Labute approximate surface area is 146 Å². The molecule has 4 rings (SSSR count). The number of rotatable bonds is 4. The van der Waals surface area contributed by atoms with Gasteiger partial charge in [-0.2, -0.15) is 9.61 Å². The summed E-state index contributed by atoms with van der Waals surface area (Å²) in [4.78, 5) is 8.87. The van der Waals surface area contributed by atoms with Crippen molar-refractivity contribution in [2.45, 2.75) is 20.4 Å². The summed E-state index contributed by atoms with van der Waals surface area (Å²) in [5, 5.41) is 7.92. The average Bonchev–Trinajstić information content (AvgIpc) is 3.08. The normalized spacial score (nSPS) is 11.0. The molecule has 3 heterocycles. The second-order valence-electron chi connectivity index (χ2n) is 6.10. The number of pyridine rings is 1. The number of nitrogens with one attached hydrogen (secondary N) is 1. The molecular formula is C20H19N5. The van der Waals surface area contributed by atoms with Crippen LogP contribution in [0.4, 0.5) is 5.82 Å². The van der Waals surface area contributed by atoms with Gasteiger partial charge in [0.05, 0.1) is 18.4 Å². The summed E-state index contributed by atoms with van der Waals surface area (Å²) in [5.41, 5.74) is 6.53. The Hall–Kier alpha value is -3.21. The fourth-order valence-electron chi connectivity index (χ4n) is 2.82. The van der Waals surface area contributed by atoms with E-state index in [-0.39, 0.29) is 0 Å². The molecule has 0 radical (unpaired) electrons. The van der Waals surface area contributed by atoms with Crippen molar-refractivity contribution in [3.63, 3.8) is 0 Å². The Balaban J connectivity index is 1.69. The van der Waals surface area contributed by atoms with Gasteiger partial charge in [-0.05, 0) is 48.7 Å². The third kappa shape index (κ3) is 2.96. The number of hydrogen-bond acceptors (Lipinski definition) is 4. The second kappa shape index (κ2) is 6.36. The summed E-state index contributed by atoms with van der Waals surface area (Å²) in [6.45, 7) is 4.88. The molecule has 124 valence electrons. The third-order valence-corrected chi connectivity index (χ3v) is 4.40. The molecule has 5 nitrogen and oxygen atoms in total. The summed E-state index contributed by atoms with van der Waals surface area (Å²) in [6.07, 6.45) is 5.48. The maximum Gasteiger partial charge on any atom is 0.165 e. The van der Waals surface area contributed by atoms with Gasteiger partial charge in [0.1, 0.15) is 5.82 Å². The summed E-state index contributed by atoms with van der Waals surface area (Å²) >= 11 is 0. The van der Waals surface area contributed by atoms with Gasteiger partial charge in [0.15, 0.2) is 5.65 Å². The number of aromatic nitrogens is 4. The van der Waals surface area contributed by atoms with E-state index in [0.717, 1.165) is 28.3 Å². The molecule has 0 unspecified atom stereocenters. The Kier molecular flexibility index (Phi) is 3.90. The number of nitrogens with zero attached hydrogens (tertiary/aromatic N) is 4. The molecular weight excluding hydrogens is 310 g/mol. The summed E-state index contributed by atoms with van der Waals surface area (Å²) < 4.78 is 1.84. The van der Waals surface area contributed by atoms with Crippen molar-refractivity contribution in [2.24, 2.45) is 0 Å². The lowest BCUT2D eigenvalue weighted by atomic mass is 10.0. The lowest BCUT2D eigenvalue weighted by Gasteiger charge is -2.08. The first-order valence-electron chi connectivity index (χ1n) is 8.26. The van der Waals surface area contributed by atoms with Gasteiger partial charge in [-0.3, -0.25) is 4.98 Å². The van der Waals surface area contributed by atoms with E-state index in [9.17, 15) is 0 Å². The molecule has 5 heteroatoms. The van der Waals surface area contributed by atoms with Gasteiger partial charge in [-0.15, -0.1) is 0 Å². The van der Waals surface area contributed by atoms with E-state index in [1.165, 1.54) is 11.1 Å². The summed E-state index contributed by atoms with van der Waals surface area (Å²) in [7, 11) is 0. The molecule has 0 saturated carbocycles. The number of hydrogen-bond donors (Lipinski definition) is 1. The number of fused-ring (bicyclic) bond motifs is 1. The highest BCUT2D eigenvalue weighted by molar-refractivity contribution is 5.78. The van der Waals surface area contributed by atoms with Gasteiger partial charge in [0.25, 0.3) is 0 Å². The Morgan fingerprint density at radius 1 is 0.960 bits per heavy atom. The predicted molar refractivity (Wildman–Crippen MR) is 99.5 cm³/mol. The van der Waals surface area contributed by atoms with Crippen LogP contribution >= 0.6 is 0 Å². The fourth-order valence-corrected chi connectivity index (χ4v) is 2.82. The quantitative estimate of drug-likeness (QED) is 0.614. The molecule has 1 N–H and O–H groups in total. The lowest BCUT2D eigenvalue weighted by Crippen LogP contribution is -2.06. The summed E-state index contributed by atoms with van der Waals surface area (Å²) in [5.74, 6) is 0.894. The van der Waals surface area contributed by atoms with Gasteiger partial charge in [0, 0.05) is 18.0 Å². The molecule has 3 aromatic heterocycles. The summed E-state index contributed by atoms with van der Waals surface area (Å²) in [6, 6.07) is 14.3. The Morgan fingerprint density at radius 2 is 1.88 bits per heavy atom. The van der Waals surface area contributed by atoms with Crippen molar-refractivity contribution >= 4 is 11.5 Å². The van der Waals surface area contributed by atoms with Crippen molar-refractivity contribution in [1.29, 1.82) is 0 Å². The van der Waals surface area contributed by atoms with Crippen LogP contribution in [0.1, 0.15) is 16.8 Å². The maximum absolute atomic E-state index is 4.53. The van der Waals surface area contributed by atoms with Gasteiger partial charge >= 0.3 is 0 Å². The van der Waals surface area contributed by atoms with Crippen LogP contribution in [0.3, 0.4) is 0 Å². The zero-order valence-electron chi connectivity index (χ0n) is 14.3. The molecule has 25 heavy (non-hydrogen) atoms. The van der Waals surface area contributed by atoms with E-state index in [1.54, 1.807) is 6.20 Å². The number of benzene rings is 1. The molecule has 0 saturated heterocycles. The van der Waals surface area contributed by atoms with Crippen LogP contribution in [0.15, 0.2) is 61.1 Å². The van der Waals surface area contributed by atoms with E-state index in [4.69, 9.17) is 0 Å². The van der Waals surface area contributed by atoms with Crippen molar-refractivity contribution < 1.29 is 0 Å². The molecule has 0 atom stereocenters. The largest absolute Gasteiger partial charge is 0.364 e. The topological polar surface area (TPSA) is 55.1 Å². The molecule has 1 aromatic carbocycles. The predicted octanol–water partition coefficient (Wildman–Crippen LogP) is 4.02. The minimum Gasteiger partial charge on any atom is -0.364 e. The van der Waals surface area contributed by atoms with E-state index in [0.29, 0.717) is 6.54 Å². The van der Waals surface area contributed by atoms with Crippen LogP contribution in [-0.2, 0) is 6.54 Å². The lowest BCUT2D eigenvalue weighted by molar-refractivity contribution is 0.917. The molecule has 0 aliphatic rings. The van der Waals surface area contributed by atoms with Crippen LogP contribution in [0.5, 0.6) is 0 Å². The number of aryl methyl sites for hydroxylation is 2. The minimum atomic E-state index is 0.638. The van der Waals surface area contributed by atoms with E-state index < -0.39 is 0 Å². The van der Waals surface area contributed by atoms with Gasteiger partial charge in [-0.25, -0.2) is 4.98 Å². The van der Waals surface area contributed by atoms with Crippen LogP contribution in [-0.4, -0.2) is 19.6 Å². The minimum absolute atomic E-state index is 0.638. The van der Waals surface area contributed by atoms with Crippen molar-refractivity contribution in [2.75, 3.05) is 5.32 Å². The van der Waals surface area contributed by atoms with E-state index >= 15 is 0 Å². The molecule has 0 aliphatic carbocycles. The van der Waals surface area contributed by atoms with Crippen molar-refractivity contribution in [3.05, 3.63) is 77.9 Å². The van der Waals surface area contributed by atoms with Gasteiger partial charge in [-0.1, -0.05) is 24.3 Å². The Bertz CT molecular complexity index is 1020. The highest BCUT2D eigenvalue weighted by atomic mass is 15.3. The first-order valence-corrected chi connectivity index (χ1v) is 8.26. The average molecular weight is 329 g/mol. The highest BCUT2D eigenvalue weighted by Gasteiger charge is 2.11. The fraction of sp³-hybridized carbons (Fsp3) is 0.150. The zero-order valence-corrected chi connectivity index (χ0v) is 14.3. The molecule has 0 aliphatic heterocycles. The molecule has 4 aromatic rings. The van der Waals surface area contributed by atoms with Crippen LogP contribution in [0.25, 0.3) is 16.8 Å². The highest BCUT2D eigenvalue weighted by Crippen LogP contribution is 2.26. The molecule has 0 bridgehead atoms. The first-order chi connectivity index (χ1) is 12.2. The maximum atomic E-state index is 4.53. The van der Waals surface area contributed by atoms with E-state index in [2.05, 4.69) is 52.4 Å². The standard InChI is InChI=1S/C20H19N5/c1-14-6-7-16(11-15(14)2)18-13-24-25-19(8-10-22-20(18)25)23-12-17-5-3-4-9-21-17/h3-11,13,23H,12H2,1-2H3. The molecule has 0 spiro atoms. The first kappa shape index (κ1) is 15.3. The third-order valence-electron chi connectivity index (χ3n) is 4.40. The smallest absolute Gasteiger partial charge is 0.165 e. The van der Waals surface area contributed by atoms with Crippen LogP contribution in [0.2, 0.25) is 0 Å². The number of anilines is 1. The van der Waals surface area contributed by atoms with Crippen LogP contribution < -0.4 is 5.32 Å². The van der Waals surface area contributed by atoms with E-state index in [1.807, 2.05) is 41.2 Å². The van der Waals surface area contributed by atoms with Gasteiger partial charge in [0.2, 0.25) is 0 Å². The van der Waals surface area contributed by atoms with Crippen molar-refractivity contribution in [3.8, 4) is 11.1 Å². The zero-order chi connectivity index (χ0) is 17.2. The van der Waals surface area contributed by atoms with Gasteiger partial charge < -0.3 is 5.32 Å². The SMILES string of the molecule is Cc1ccc(-c2cnn3c(NCc4ccccn4)ccnc23)cc1C. The van der Waals surface area contributed by atoms with Crippen LogP contribution in [0, 0.1) is 13.8 Å². The second-order valence-corrected chi connectivity index (χ2v) is 6.10. The Morgan fingerprint density at radius 3 is 2.68 bits per heavy atom. The monoisotopic (exact) mass is 329 g/mol. The molecule has 0 fully saturated rings.